The summed E-state index contributed by atoms with van der Waals surface area (Å²) in [7, 11) is 0. The second-order valence-corrected chi connectivity index (χ2v) is 10.0. The molecule has 1 amide bonds. The number of benzene rings is 2. The maximum absolute atomic E-state index is 12.8. The van der Waals surface area contributed by atoms with Gasteiger partial charge in [-0.3, -0.25) is 15.2 Å². The van der Waals surface area contributed by atoms with E-state index in [1.807, 2.05) is 93.6 Å². The monoisotopic (exact) mass is 475 g/mol. The van der Waals surface area contributed by atoms with Gasteiger partial charge in [0.2, 0.25) is 0 Å². The molecule has 186 valence electrons. The topological polar surface area (TPSA) is 118 Å². The lowest BCUT2D eigenvalue weighted by Crippen LogP contribution is -2.56. The molecule has 0 spiro atoms. The summed E-state index contributed by atoms with van der Waals surface area (Å²) in [5.74, 6) is -0.292. The Bertz CT molecular complexity index is 1050. The average molecular weight is 476 g/mol. The lowest BCUT2D eigenvalue weighted by Gasteiger charge is -2.32. The Labute approximate surface area is 208 Å². The molecule has 35 heavy (non-hydrogen) atoms. The van der Waals surface area contributed by atoms with E-state index < -0.39 is 18.2 Å². The van der Waals surface area contributed by atoms with Gasteiger partial charge >= 0.3 is 0 Å². The van der Waals surface area contributed by atoms with Crippen molar-refractivity contribution in [1.29, 1.82) is 0 Å². The van der Waals surface area contributed by atoms with Gasteiger partial charge in [-0.25, -0.2) is 5.01 Å². The second-order valence-electron chi connectivity index (χ2n) is 10.0. The number of nitrogens with one attached hydrogen (secondary N) is 1. The Morgan fingerprint density at radius 3 is 2.23 bits per heavy atom. The van der Waals surface area contributed by atoms with Gasteiger partial charge in [0.15, 0.2) is 0 Å². The predicted molar refractivity (Wildman–Crippen MR) is 140 cm³/mol. The third kappa shape index (κ3) is 7.97. The highest BCUT2D eigenvalue weighted by molar-refractivity contribution is 5.81. The molecule has 0 aliphatic carbocycles. The number of aliphatic hydroxyl groups is 1. The molecule has 0 bridgehead atoms. The quantitative estimate of drug-likeness (QED) is 0.335. The minimum Gasteiger partial charge on any atom is -0.390 e. The number of hydrazine groups is 1. The van der Waals surface area contributed by atoms with E-state index in [1.165, 1.54) is 0 Å². The van der Waals surface area contributed by atoms with E-state index in [4.69, 9.17) is 11.5 Å². The molecule has 3 atom stereocenters. The molecule has 0 aliphatic rings. The van der Waals surface area contributed by atoms with Crippen LogP contribution >= 0.6 is 0 Å². The zero-order valence-corrected chi connectivity index (χ0v) is 20.8. The summed E-state index contributed by atoms with van der Waals surface area (Å²) in [6, 6.07) is 22.4. The van der Waals surface area contributed by atoms with Crippen molar-refractivity contribution in [2.45, 2.75) is 51.9 Å². The van der Waals surface area contributed by atoms with E-state index in [0.717, 1.165) is 22.4 Å². The molecule has 3 rings (SSSR count). The van der Waals surface area contributed by atoms with Crippen LogP contribution in [-0.2, 0) is 17.8 Å². The Balaban J connectivity index is 1.65. The van der Waals surface area contributed by atoms with Crippen LogP contribution in [0.1, 0.15) is 31.9 Å². The molecule has 3 unspecified atom stereocenters. The van der Waals surface area contributed by atoms with Crippen LogP contribution in [0.4, 0.5) is 0 Å². The molecule has 1 heterocycles. The zero-order valence-electron chi connectivity index (χ0n) is 20.8. The van der Waals surface area contributed by atoms with Crippen molar-refractivity contribution in [1.82, 2.24) is 15.4 Å². The smallest absolute Gasteiger partial charge is 0.251 e. The summed E-state index contributed by atoms with van der Waals surface area (Å²) >= 11 is 0. The molecule has 0 saturated carbocycles. The average Bonchev–Trinajstić information content (AvgIpc) is 2.84. The van der Waals surface area contributed by atoms with Crippen LogP contribution < -0.4 is 16.9 Å². The molecule has 2 aromatic carbocycles. The van der Waals surface area contributed by atoms with Gasteiger partial charge in [0.1, 0.15) is 0 Å². The van der Waals surface area contributed by atoms with E-state index in [2.05, 4.69) is 10.4 Å². The summed E-state index contributed by atoms with van der Waals surface area (Å²) in [5.41, 5.74) is 19.0. The number of rotatable bonds is 10. The minimum atomic E-state index is -0.861. The van der Waals surface area contributed by atoms with E-state index in [0.29, 0.717) is 13.0 Å². The van der Waals surface area contributed by atoms with Crippen molar-refractivity contribution in [3.63, 3.8) is 0 Å². The first kappa shape index (κ1) is 26.5. The van der Waals surface area contributed by atoms with Gasteiger partial charge in [0, 0.05) is 30.9 Å². The molecular weight excluding hydrogens is 438 g/mol. The van der Waals surface area contributed by atoms with E-state index >= 15 is 0 Å². The standard InChI is InChI=1S/C28H37N5O2/c1-28(2,3)26(30)27(35)32-33(18-21-9-5-4-6-10-21)19-25(34)23(29)17-20-12-14-22(15-13-20)24-11-7-8-16-31-24/h4-16,23,25-26,34H,17-19,29-30H2,1-3H3,(H,32,35). The summed E-state index contributed by atoms with van der Waals surface area (Å²) in [4.78, 5) is 17.2. The number of nitrogens with two attached hydrogens (primary N) is 2. The van der Waals surface area contributed by atoms with Gasteiger partial charge in [-0.05, 0) is 35.1 Å². The number of hydrogen-bond acceptors (Lipinski definition) is 6. The number of pyridine rings is 1. The van der Waals surface area contributed by atoms with Gasteiger partial charge < -0.3 is 16.6 Å². The second kappa shape index (κ2) is 12.0. The largest absolute Gasteiger partial charge is 0.390 e. The summed E-state index contributed by atoms with van der Waals surface area (Å²) < 4.78 is 0. The molecule has 0 fully saturated rings. The zero-order chi connectivity index (χ0) is 25.4. The molecular formula is C28H37N5O2. The van der Waals surface area contributed by atoms with Crippen LogP contribution in [0.15, 0.2) is 79.0 Å². The van der Waals surface area contributed by atoms with Crippen LogP contribution in [0.25, 0.3) is 11.3 Å². The highest BCUT2D eigenvalue weighted by Crippen LogP contribution is 2.19. The molecule has 7 nitrogen and oxygen atoms in total. The van der Waals surface area contributed by atoms with Gasteiger partial charge in [-0.2, -0.15) is 0 Å². The lowest BCUT2D eigenvalue weighted by molar-refractivity contribution is -0.130. The SMILES string of the molecule is CC(C)(C)C(N)C(=O)NN(Cc1ccccc1)CC(O)C(N)Cc1ccc(-c2ccccn2)cc1. The summed E-state index contributed by atoms with van der Waals surface area (Å²) in [5, 5.41) is 12.6. The van der Waals surface area contributed by atoms with Gasteiger partial charge in [-0.15, -0.1) is 0 Å². The minimum absolute atomic E-state index is 0.171. The Hall–Kier alpha value is -3.10. The molecule has 0 saturated heterocycles. The maximum Gasteiger partial charge on any atom is 0.251 e. The van der Waals surface area contributed by atoms with Crippen molar-refractivity contribution in [3.8, 4) is 11.3 Å². The number of carbonyl (C=O) groups excluding carboxylic acids is 1. The third-order valence-electron chi connectivity index (χ3n) is 5.99. The van der Waals surface area contributed by atoms with Gasteiger partial charge in [0.05, 0.1) is 17.8 Å². The number of aromatic nitrogens is 1. The normalized spacial score (nSPS) is 14.4. The maximum atomic E-state index is 12.8. The fourth-order valence-corrected chi connectivity index (χ4v) is 3.69. The van der Waals surface area contributed by atoms with Crippen LogP contribution in [0.2, 0.25) is 0 Å². The first-order chi connectivity index (χ1) is 16.6. The van der Waals surface area contributed by atoms with Crippen LogP contribution in [0, 0.1) is 5.41 Å². The van der Waals surface area contributed by atoms with Crippen LogP contribution in [0.5, 0.6) is 0 Å². The Kier molecular flexibility index (Phi) is 9.12. The van der Waals surface area contributed by atoms with Crippen molar-refractivity contribution in [3.05, 3.63) is 90.1 Å². The fraction of sp³-hybridized carbons (Fsp3) is 0.357. The predicted octanol–water partition coefficient (Wildman–Crippen LogP) is 2.89. The number of aliphatic hydroxyl groups excluding tert-OH is 1. The number of carbonyl (C=O) groups is 1. The summed E-state index contributed by atoms with van der Waals surface area (Å²) in [6.07, 6.45) is 1.41. The van der Waals surface area contributed by atoms with E-state index in [9.17, 15) is 9.90 Å². The molecule has 6 N–H and O–H groups in total. The number of amides is 1. The highest BCUT2D eigenvalue weighted by atomic mass is 16.3. The van der Waals surface area contributed by atoms with Gasteiger partial charge in [-0.1, -0.05) is 81.4 Å². The first-order valence-electron chi connectivity index (χ1n) is 11.9. The molecule has 0 radical (unpaired) electrons. The lowest BCUT2D eigenvalue weighted by atomic mass is 9.87. The first-order valence-corrected chi connectivity index (χ1v) is 11.9. The van der Waals surface area contributed by atoms with Crippen molar-refractivity contribution >= 4 is 5.91 Å². The van der Waals surface area contributed by atoms with Crippen molar-refractivity contribution < 1.29 is 9.90 Å². The molecule has 1 aromatic heterocycles. The number of hydrogen-bond donors (Lipinski definition) is 4. The van der Waals surface area contributed by atoms with Crippen LogP contribution in [0.3, 0.4) is 0 Å². The van der Waals surface area contributed by atoms with E-state index in [-0.39, 0.29) is 17.9 Å². The summed E-state index contributed by atoms with van der Waals surface area (Å²) in [6.45, 7) is 6.35. The Morgan fingerprint density at radius 1 is 0.971 bits per heavy atom. The fourth-order valence-electron chi connectivity index (χ4n) is 3.69. The van der Waals surface area contributed by atoms with Crippen molar-refractivity contribution in [2.24, 2.45) is 16.9 Å². The highest BCUT2D eigenvalue weighted by Gasteiger charge is 2.29. The van der Waals surface area contributed by atoms with E-state index in [1.54, 1.807) is 11.2 Å². The molecule has 7 heteroatoms. The van der Waals surface area contributed by atoms with Gasteiger partial charge in [0.25, 0.3) is 5.91 Å². The Morgan fingerprint density at radius 2 is 1.63 bits per heavy atom. The molecule has 3 aromatic rings. The third-order valence-corrected chi connectivity index (χ3v) is 5.99. The van der Waals surface area contributed by atoms with Crippen LogP contribution in [-0.4, -0.2) is 45.7 Å². The molecule has 0 aliphatic heterocycles. The number of nitrogens with zero attached hydrogens (tertiary/aromatic N) is 2. The van der Waals surface area contributed by atoms with Crippen molar-refractivity contribution in [2.75, 3.05) is 6.54 Å².